The lowest BCUT2D eigenvalue weighted by Crippen LogP contribution is -2.50. The number of hydrogen-bond donors (Lipinski definition) is 2. The number of likely N-dealkylation sites (tertiary alicyclic amines) is 1. The number of carboxylic acid groups (broad SMARTS) is 1. The molecule has 3 aromatic rings. The second-order valence-electron chi connectivity index (χ2n) is 9.46. The number of anilines is 1. The van der Waals surface area contributed by atoms with Crippen molar-refractivity contribution >= 4 is 34.9 Å². The van der Waals surface area contributed by atoms with E-state index in [1.807, 2.05) is 55.5 Å². The summed E-state index contributed by atoms with van der Waals surface area (Å²) in [5, 5.41) is 13.6. The van der Waals surface area contributed by atoms with Crippen LogP contribution in [0.15, 0.2) is 83.9 Å². The normalized spacial score (nSPS) is 18.9. The first-order valence-electron chi connectivity index (χ1n) is 12.6. The molecule has 0 bridgehead atoms. The fourth-order valence-corrected chi connectivity index (χ4v) is 5.16. The van der Waals surface area contributed by atoms with E-state index >= 15 is 0 Å². The van der Waals surface area contributed by atoms with Crippen molar-refractivity contribution in [2.24, 2.45) is 4.99 Å². The molecule has 4 rings (SSSR count). The van der Waals surface area contributed by atoms with Crippen molar-refractivity contribution in [2.45, 2.75) is 38.1 Å². The Hall–Kier alpha value is -3.48. The molecular formula is C30H32ClN3O3. The van der Waals surface area contributed by atoms with Crippen LogP contribution in [0.25, 0.3) is 0 Å². The van der Waals surface area contributed by atoms with Crippen LogP contribution in [-0.2, 0) is 9.59 Å². The molecule has 2 atom stereocenters. The Labute approximate surface area is 223 Å². The van der Waals surface area contributed by atoms with Crippen molar-refractivity contribution in [1.29, 1.82) is 0 Å². The number of nitrogens with zero attached hydrogens (tertiary/aromatic N) is 2. The van der Waals surface area contributed by atoms with Gasteiger partial charge in [0.1, 0.15) is 5.92 Å². The predicted octanol–water partition coefficient (Wildman–Crippen LogP) is 5.86. The van der Waals surface area contributed by atoms with Gasteiger partial charge < -0.3 is 10.4 Å². The van der Waals surface area contributed by atoms with Crippen LogP contribution in [0, 0.1) is 0 Å². The average molecular weight is 518 g/mol. The van der Waals surface area contributed by atoms with E-state index < -0.39 is 17.4 Å². The fourth-order valence-electron chi connectivity index (χ4n) is 4.98. The molecule has 1 fully saturated rings. The third-order valence-electron chi connectivity index (χ3n) is 7.12. The van der Waals surface area contributed by atoms with E-state index in [-0.39, 0.29) is 12.5 Å². The molecule has 2 N–H and O–H groups in total. The first-order chi connectivity index (χ1) is 17.8. The van der Waals surface area contributed by atoms with Crippen molar-refractivity contribution in [3.8, 4) is 0 Å². The molecule has 1 aliphatic rings. The highest BCUT2D eigenvalue weighted by Crippen LogP contribution is 2.32. The van der Waals surface area contributed by atoms with E-state index in [0.29, 0.717) is 27.5 Å². The number of nitrogens with one attached hydrogen (secondary N) is 1. The Morgan fingerprint density at radius 3 is 2.41 bits per heavy atom. The van der Waals surface area contributed by atoms with Gasteiger partial charge in [0.05, 0.1) is 23.5 Å². The molecule has 0 aromatic heterocycles. The number of halogens is 1. The number of likely N-dealkylation sites (N-methyl/N-ethyl adjacent to an activating group) is 1. The maximum atomic E-state index is 13.5. The summed E-state index contributed by atoms with van der Waals surface area (Å²) in [4.78, 5) is 32.7. The first kappa shape index (κ1) is 26.6. The van der Waals surface area contributed by atoms with Crippen LogP contribution in [0.4, 0.5) is 5.69 Å². The van der Waals surface area contributed by atoms with Gasteiger partial charge in [0, 0.05) is 16.1 Å². The number of carbonyl (C=O) groups is 2. The van der Waals surface area contributed by atoms with Crippen molar-refractivity contribution in [2.75, 3.05) is 25.0 Å². The van der Waals surface area contributed by atoms with Gasteiger partial charge in [0.2, 0.25) is 5.91 Å². The monoisotopic (exact) mass is 517 g/mol. The zero-order chi connectivity index (χ0) is 26.4. The Bertz CT molecular complexity index is 1280. The van der Waals surface area contributed by atoms with Gasteiger partial charge in [-0.05, 0) is 56.6 Å². The predicted molar refractivity (Wildman–Crippen MR) is 149 cm³/mol. The number of aliphatic carboxylic acids is 1. The maximum absolute atomic E-state index is 13.5. The number of benzene rings is 3. The highest BCUT2D eigenvalue weighted by Gasteiger charge is 2.42. The van der Waals surface area contributed by atoms with Crippen LogP contribution in [0.1, 0.15) is 49.3 Å². The van der Waals surface area contributed by atoms with E-state index in [1.54, 1.807) is 30.3 Å². The molecule has 0 radical (unpaired) electrons. The molecule has 1 heterocycles. The topological polar surface area (TPSA) is 82.0 Å². The highest BCUT2D eigenvalue weighted by molar-refractivity contribution is 6.31. The van der Waals surface area contributed by atoms with E-state index in [2.05, 4.69) is 17.1 Å². The number of rotatable bonds is 9. The van der Waals surface area contributed by atoms with E-state index in [1.165, 1.54) is 0 Å². The number of hydrogen-bond acceptors (Lipinski definition) is 4. The first-order valence-corrected chi connectivity index (χ1v) is 13.0. The van der Waals surface area contributed by atoms with Crippen LogP contribution in [0.5, 0.6) is 0 Å². The van der Waals surface area contributed by atoms with Crippen molar-refractivity contribution in [3.05, 3.63) is 101 Å². The Morgan fingerprint density at radius 1 is 1.08 bits per heavy atom. The zero-order valence-electron chi connectivity index (χ0n) is 21.2. The van der Waals surface area contributed by atoms with Crippen molar-refractivity contribution in [3.63, 3.8) is 0 Å². The third kappa shape index (κ3) is 5.92. The van der Waals surface area contributed by atoms with Crippen molar-refractivity contribution in [1.82, 2.24) is 4.90 Å². The summed E-state index contributed by atoms with van der Waals surface area (Å²) in [5.41, 5.74) is 2.70. The van der Waals surface area contributed by atoms with Gasteiger partial charge in [0.25, 0.3) is 0 Å². The van der Waals surface area contributed by atoms with Crippen molar-refractivity contribution < 1.29 is 14.7 Å². The number of carbonyl (C=O) groups excluding carboxylic acids is 1. The third-order valence-corrected chi connectivity index (χ3v) is 7.36. The van der Waals surface area contributed by atoms with E-state index in [4.69, 9.17) is 16.6 Å². The van der Waals surface area contributed by atoms with Gasteiger partial charge in [-0.3, -0.25) is 19.5 Å². The average Bonchev–Trinajstić information content (AvgIpc) is 3.30. The molecule has 3 aromatic carbocycles. The van der Waals surface area contributed by atoms with Gasteiger partial charge in [-0.2, -0.15) is 0 Å². The SMILES string of the molecule is CCN1CCC[C@]1(C)C(=O)Nc1ccc(Cl)cc1C(=NC[C@@H](C(=O)O)c1ccccc1)c1ccccc1. The summed E-state index contributed by atoms with van der Waals surface area (Å²) < 4.78 is 0. The van der Waals surface area contributed by atoms with Gasteiger partial charge in [-0.15, -0.1) is 0 Å². The summed E-state index contributed by atoms with van der Waals surface area (Å²) in [7, 11) is 0. The number of aliphatic imine (C=N–C) groups is 1. The lowest BCUT2D eigenvalue weighted by molar-refractivity contribution is -0.138. The molecule has 6 nitrogen and oxygen atoms in total. The minimum atomic E-state index is -0.948. The summed E-state index contributed by atoms with van der Waals surface area (Å²) in [6.07, 6.45) is 1.75. The molecule has 1 saturated heterocycles. The highest BCUT2D eigenvalue weighted by atomic mass is 35.5. The molecule has 1 amide bonds. The Morgan fingerprint density at radius 2 is 1.76 bits per heavy atom. The number of carboxylic acids is 1. The molecule has 37 heavy (non-hydrogen) atoms. The second-order valence-corrected chi connectivity index (χ2v) is 9.89. The van der Waals surface area contributed by atoms with Crippen LogP contribution in [0.3, 0.4) is 0 Å². The molecule has 192 valence electrons. The molecule has 0 unspecified atom stereocenters. The molecule has 0 spiro atoms. The van der Waals surface area contributed by atoms with Crippen LogP contribution < -0.4 is 5.32 Å². The Balaban J connectivity index is 1.75. The fraction of sp³-hybridized carbons (Fsp3) is 0.300. The standard InChI is InChI=1S/C30H32ClN3O3/c1-3-34-18-10-17-30(34,2)29(37)33-26-16-15-23(31)19-24(26)27(22-13-8-5-9-14-22)32-20-25(28(35)36)21-11-6-4-7-12-21/h4-9,11-16,19,25H,3,10,17-18,20H2,1-2H3,(H,33,37)(H,35,36)/t25-,30-/m1/s1. The van der Waals surface area contributed by atoms with Gasteiger partial charge >= 0.3 is 5.97 Å². The van der Waals surface area contributed by atoms with Gasteiger partial charge in [0.15, 0.2) is 0 Å². The molecular weight excluding hydrogens is 486 g/mol. The molecule has 7 heteroatoms. The summed E-state index contributed by atoms with van der Waals surface area (Å²) in [5.74, 6) is -1.83. The molecule has 1 aliphatic heterocycles. The lowest BCUT2D eigenvalue weighted by atomic mass is 9.95. The minimum absolute atomic E-state index is 0.0325. The summed E-state index contributed by atoms with van der Waals surface area (Å²) in [6, 6.07) is 23.9. The minimum Gasteiger partial charge on any atom is -0.481 e. The summed E-state index contributed by atoms with van der Waals surface area (Å²) >= 11 is 6.42. The van der Waals surface area contributed by atoms with Crippen LogP contribution in [-0.4, -0.2) is 52.8 Å². The second kappa shape index (κ2) is 11.7. The Kier molecular flexibility index (Phi) is 8.41. The zero-order valence-corrected chi connectivity index (χ0v) is 21.9. The molecule has 0 saturated carbocycles. The van der Waals surface area contributed by atoms with Crippen LogP contribution >= 0.6 is 11.6 Å². The van der Waals surface area contributed by atoms with Crippen LogP contribution in [0.2, 0.25) is 5.02 Å². The summed E-state index contributed by atoms with van der Waals surface area (Å²) in [6.45, 7) is 5.77. The molecule has 0 aliphatic carbocycles. The maximum Gasteiger partial charge on any atom is 0.312 e. The lowest BCUT2D eigenvalue weighted by Gasteiger charge is -2.33. The van der Waals surface area contributed by atoms with Gasteiger partial charge in [-0.1, -0.05) is 79.2 Å². The largest absolute Gasteiger partial charge is 0.481 e. The quantitative estimate of drug-likeness (QED) is 0.348. The smallest absolute Gasteiger partial charge is 0.312 e. The van der Waals surface area contributed by atoms with E-state index in [0.717, 1.165) is 31.5 Å². The van der Waals surface area contributed by atoms with Gasteiger partial charge in [-0.25, -0.2) is 0 Å². The van der Waals surface area contributed by atoms with E-state index in [9.17, 15) is 14.7 Å². The number of amides is 1.